The first-order valence-corrected chi connectivity index (χ1v) is 8.74. The number of anilines is 1. The van der Waals surface area contributed by atoms with E-state index in [1.807, 2.05) is 17.0 Å². The second-order valence-electron chi connectivity index (χ2n) is 5.42. The van der Waals surface area contributed by atoms with Crippen LogP contribution in [0, 0.1) is 0 Å². The third-order valence-corrected chi connectivity index (χ3v) is 4.49. The number of nitrogens with zero attached hydrogens (tertiary/aromatic N) is 1. The molecule has 118 valence electrons. The lowest BCUT2D eigenvalue weighted by Gasteiger charge is -2.23. The number of hydrogen-bond acceptors (Lipinski definition) is 2. The molecule has 0 heterocycles. The Balaban J connectivity index is 2.79. The highest BCUT2D eigenvalue weighted by molar-refractivity contribution is 9.10. The lowest BCUT2D eigenvalue weighted by Crippen LogP contribution is -2.33. The molecule has 1 aromatic rings. The van der Waals surface area contributed by atoms with Gasteiger partial charge in [-0.25, -0.2) is 0 Å². The minimum absolute atomic E-state index is 0.0846. The average molecular weight is 355 g/mol. The molecule has 0 spiro atoms. The molecule has 0 bridgehead atoms. The molecule has 0 saturated heterocycles. The molecule has 0 aliphatic rings. The Kier molecular flexibility index (Phi) is 8.43. The van der Waals surface area contributed by atoms with Crippen LogP contribution in [0.2, 0.25) is 0 Å². The van der Waals surface area contributed by atoms with Crippen molar-refractivity contribution in [3.63, 3.8) is 0 Å². The van der Waals surface area contributed by atoms with E-state index in [4.69, 9.17) is 5.73 Å². The highest BCUT2D eigenvalue weighted by atomic mass is 79.9. The van der Waals surface area contributed by atoms with Gasteiger partial charge in [0.15, 0.2) is 0 Å². The molecule has 1 rings (SSSR count). The Labute approximate surface area is 137 Å². The molecule has 0 unspecified atom stereocenters. The SMILES string of the molecule is CCCCCN(CCCCC)C(=O)c1cccc(N)c1Br. The fourth-order valence-corrected chi connectivity index (χ4v) is 2.74. The van der Waals surface area contributed by atoms with Crippen molar-refractivity contribution in [3.8, 4) is 0 Å². The Morgan fingerprint density at radius 2 is 1.67 bits per heavy atom. The number of unbranched alkanes of at least 4 members (excludes halogenated alkanes) is 4. The van der Waals surface area contributed by atoms with E-state index in [9.17, 15) is 4.79 Å². The Hall–Kier alpha value is -1.03. The molecule has 2 N–H and O–H groups in total. The molecule has 1 aromatic carbocycles. The standard InChI is InChI=1S/C17H27BrN2O/c1-3-5-7-12-20(13-8-6-4-2)17(21)14-10-9-11-15(19)16(14)18/h9-11H,3-8,12-13,19H2,1-2H3. The highest BCUT2D eigenvalue weighted by Crippen LogP contribution is 2.25. The largest absolute Gasteiger partial charge is 0.398 e. The number of amides is 1. The zero-order chi connectivity index (χ0) is 15.7. The second-order valence-corrected chi connectivity index (χ2v) is 6.21. The van der Waals surface area contributed by atoms with E-state index in [-0.39, 0.29) is 5.91 Å². The summed E-state index contributed by atoms with van der Waals surface area (Å²) in [7, 11) is 0. The number of carbonyl (C=O) groups excluding carboxylic acids is 1. The first kappa shape index (κ1) is 18.0. The molecule has 0 aliphatic carbocycles. The number of carbonyl (C=O) groups is 1. The van der Waals surface area contributed by atoms with Crippen molar-refractivity contribution in [1.29, 1.82) is 0 Å². The van der Waals surface area contributed by atoms with Crippen molar-refractivity contribution in [2.45, 2.75) is 52.4 Å². The van der Waals surface area contributed by atoms with Crippen molar-refractivity contribution in [1.82, 2.24) is 4.90 Å². The van der Waals surface area contributed by atoms with Crippen LogP contribution in [0.15, 0.2) is 22.7 Å². The molecule has 0 saturated carbocycles. The van der Waals surface area contributed by atoms with Gasteiger partial charge in [-0.3, -0.25) is 4.79 Å². The first-order chi connectivity index (χ1) is 10.1. The number of halogens is 1. The predicted molar refractivity (Wildman–Crippen MR) is 93.5 cm³/mol. The van der Waals surface area contributed by atoms with E-state index >= 15 is 0 Å². The maximum absolute atomic E-state index is 12.7. The molecule has 0 radical (unpaired) electrons. The van der Waals surface area contributed by atoms with Gasteiger partial charge in [0.2, 0.25) is 0 Å². The lowest BCUT2D eigenvalue weighted by molar-refractivity contribution is 0.0748. The van der Waals surface area contributed by atoms with Gasteiger partial charge in [0.25, 0.3) is 5.91 Å². The monoisotopic (exact) mass is 354 g/mol. The quantitative estimate of drug-likeness (QED) is 0.508. The van der Waals surface area contributed by atoms with Gasteiger partial charge in [-0.2, -0.15) is 0 Å². The molecular weight excluding hydrogens is 328 g/mol. The summed E-state index contributed by atoms with van der Waals surface area (Å²) in [6, 6.07) is 5.48. The molecular formula is C17H27BrN2O. The summed E-state index contributed by atoms with van der Waals surface area (Å²) >= 11 is 3.44. The number of hydrogen-bond donors (Lipinski definition) is 1. The average Bonchev–Trinajstić information content (AvgIpc) is 2.48. The van der Waals surface area contributed by atoms with Gasteiger partial charge in [-0.05, 0) is 40.9 Å². The minimum atomic E-state index is 0.0846. The Bertz CT molecular complexity index is 438. The summed E-state index contributed by atoms with van der Waals surface area (Å²) in [6.07, 6.45) is 6.78. The van der Waals surface area contributed by atoms with Crippen molar-refractivity contribution >= 4 is 27.5 Å². The van der Waals surface area contributed by atoms with Crippen LogP contribution < -0.4 is 5.73 Å². The Morgan fingerprint density at radius 1 is 1.10 bits per heavy atom. The van der Waals surface area contributed by atoms with Crippen LogP contribution >= 0.6 is 15.9 Å². The van der Waals surface area contributed by atoms with E-state index in [0.29, 0.717) is 15.7 Å². The summed E-state index contributed by atoms with van der Waals surface area (Å²) in [6.45, 7) is 6.02. The molecule has 0 fully saturated rings. The van der Waals surface area contributed by atoms with Gasteiger partial charge in [-0.15, -0.1) is 0 Å². The highest BCUT2D eigenvalue weighted by Gasteiger charge is 2.18. The van der Waals surface area contributed by atoms with Crippen LogP contribution in [0.3, 0.4) is 0 Å². The minimum Gasteiger partial charge on any atom is -0.398 e. The second kappa shape index (κ2) is 9.82. The normalized spacial score (nSPS) is 10.6. The summed E-state index contributed by atoms with van der Waals surface area (Å²) < 4.78 is 0.714. The smallest absolute Gasteiger partial charge is 0.255 e. The van der Waals surface area contributed by atoms with Gasteiger partial charge in [-0.1, -0.05) is 45.6 Å². The van der Waals surface area contributed by atoms with Gasteiger partial charge in [0.05, 0.1) is 10.0 Å². The topological polar surface area (TPSA) is 46.3 Å². The summed E-state index contributed by atoms with van der Waals surface area (Å²) in [5, 5.41) is 0. The molecule has 21 heavy (non-hydrogen) atoms. The number of nitrogens with two attached hydrogens (primary N) is 1. The molecule has 0 aromatic heterocycles. The van der Waals surface area contributed by atoms with E-state index in [1.54, 1.807) is 6.07 Å². The van der Waals surface area contributed by atoms with Crippen molar-refractivity contribution in [2.24, 2.45) is 0 Å². The van der Waals surface area contributed by atoms with Crippen LogP contribution in [0.25, 0.3) is 0 Å². The third kappa shape index (κ3) is 5.70. The zero-order valence-corrected chi connectivity index (χ0v) is 14.8. The van der Waals surface area contributed by atoms with Crippen molar-refractivity contribution in [2.75, 3.05) is 18.8 Å². The van der Waals surface area contributed by atoms with E-state index in [0.717, 1.165) is 38.8 Å². The molecule has 3 nitrogen and oxygen atoms in total. The fourth-order valence-electron chi connectivity index (χ4n) is 2.31. The van der Waals surface area contributed by atoms with Gasteiger partial charge < -0.3 is 10.6 Å². The van der Waals surface area contributed by atoms with Crippen molar-refractivity contribution in [3.05, 3.63) is 28.2 Å². The summed E-state index contributed by atoms with van der Waals surface area (Å²) in [4.78, 5) is 14.7. The predicted octanol–water partition coefficient (Wildman–Crippen LogP) is 4.85. The molecule has 0 atom stereocenters. The van der Waals surface area contributed by atoms with Crippen LogP contribution in [0.1, 0.15) is 62.7 Å². The fraction of sp³-hybridized carbons (Fsp3) is 0.588. The lowest BCUT2D eigenvalue weighted by atomic mass is 10.1. The Morgan fingerprint density at radius 3 is 2.19 bits per heavy atom. The van der Waals surface area contributed by atoms with Gasteiger partial charge in [0, 0.05) is 18.8 Å². The number of nitrogen functional groups attached to an aromatic ring is 1. The van der Waals surface area contributed by atoms with E-state index in [2.05, 4.69) is 29.8 Å². The zero-order valence-electron chi connectivity index (χ0n) is 13.2. The summed E-state index contributed by atoms with van der Waals surface area (Å²) in [5.41, 5.74) is 7.17. The van der Waals surface area contributed by atoms with Crippen molar-refractivity contribution < 1.29 is 4.79 Å². The van der Waals surface area contributed by atoms with E-state index < -0.39 is 0 Å². The third-order valence-electron chi connectivity index (χ3n) is 3.61. The maximum atomic E-state index is 12.7. The van der Waals surface area contributed by atoms with Gasteiger partial charge >= 0.3 is 0 Å². The molecule has 0 aliphatic heterocycles. The first-order valence-electron chi connectivity index (χ1n) is 7.95. The van der Waals surface area contributed by atoms with Gasteiger partial charge in [0.1, 0.15) is 0 Å². The van der Waals surface area contributed by atoms with Crippen LogP contribution in [-0.4, -0.2) is 23.9 Å². The molecule has 4 heteroatoms. The van der Waals surface area contributed by atoms with E-state index in [1.165, 1.54) is 12.8 Å². The molecule has 1 amide bonds. The van der Waals surface area contributed by atoms with Crippen LogP contribution in [-0.2, 0) is 0 Å². The van der Waals surface area contributed by atoms with Crippen LogP contribution in [0.4, 0.5) is 5.69 Å². The summed E-state index contributed by atoms with van der Waals surface area (Å²) in [5.74, 6) is 0.0846. The van der Waals surface area contributed by atoms with Crippen LogP contribution in [0.5, 0.6) is 0 Å². The number of rotatable bonds is 9. The maximum Gasteiger partial charge on any atom is 0.255 e. The number of benzene rings is 1.